The maximum absolute atomic E-state index is 5.58. The minimum atomic E-state index is 0.570. The van der Waals surface area contributed by atoms with E-state index in [0.717, 1.165) is 28.0 Å². The van der Waals surface area contributed by atoms with Gasteiger partial charge in [0, 0.05) is 12.1 Å². The number of benzene rings is 2. The van der Waals surface area contributed by atoms with Crippen LogP contribution in [-0.4, -0.2) is 9.97 Å². The Morgan fingerprint density at radius 3 is 2.47 bits per heavy atom. The van der Waals surface area contributed by atoms with Gasteiger partial charge in [0.05, 0.1) is 11.0 Å². The van der Waals surface area contributed by atoms with E-state index in [1.165, 1.54) is 0 Å². The van der Waals surface area contributed by atoms with Gasteiger partial charge in [0.25, 0.3) is 0 Å². The second-order valence-electron chi connectivity index (χ2n) is 4.00. The van der Waals surface area contributed by atoms with Gasteiger partial charge in [-0.1, -0.05) is 36.4 Å². The Kier molecular flexibility index (Phi) is 2.38. The summed E-state index contributed by atoms with van der Waals surface area (Å²) in [6.07, 6.45) is 0. The zero-order chi connectivity index (χ0) is 11.7. The number of aromatic amines is 1. The van der Waals surface area contributed by atoms with E-state index in [4.69, 9.17) is 5.73 Å². The second-order valence-corrected chi connectivity index (χ2v) is 4.00. The Hall–Kier alpha value is -2.13. The van der Waals surface area contributed by atoms with Gasteiger partial charge in [-0.05, 0) is 17.7 Å². The first-order valence-electron chi connectivity index (χ1n) is 5.61. The van der Waals surface area contributed by atoms with Crippen LogP contribution in [0.5, 0.6) is 0 Å². The average molecular weight is 223 g/mol. The molecule has 3 rings (SSSR count). The minimum Gasteiger partial charge on any atom is -0.338 e. The lowest BCUT2D eigenvalue weighted by molar-refractivity contribution is 1.07. The summed E-state index contributed by atoms with van der Waals surface area (Å²) in [5.41, 5.74) is 9.84. The van der Waals surface area contributed by atoms with Crippen LogP contribution in [0.15, 0.2) is 48.5 Å². The highest BCUT2D eigenvalue weighted by Crippen LogP contribution is 2.20. The van der Waals surface area contributed by atoms with Crippen molar-refractivity contribution < 1.29 is 0 Å². The molecule has 3 nitrogen and oxygen atoms in total. The van der Waals surface area contributed by atoms with Crippen molar-refractivity contribution in [3.05, 3.63) is 54.1 Å². The molecular formula is C14H13N3. The summed E-state index contributed by atoms with van der Waals surface area (Å²) in [6, 6.07) is 16.2. The molecule has 1 aromatic heterocycles. The van der Waals surface area contributed by atoms with Crippen LogP contribution in [-0.2, 0) is 6.54 Å². The second kappa shape index (κ2) is 4.03. The van der Waals surface area contributed by atoms with Gasteiger partial charge in [-0.3, -0.25) is 0 Å². The van der Waals surface area contributed by atoms with Crippen LogP contribution in [0.25, 0.3) is 22.4 Å². The van der Waals surface area contributed by atoms with E-state index in [-0.39, 0.29) is 0 Å². The molecule has 1 heterocycles. The molecule has 0 aliphatic heterocycles. The molecule has 2 aromatic carbocycles. The number of para-hydroxylation sites is 2. The van der Waals surface area contributed by atoms with Crippen molar-refractivity contribution in [1.29, 1.82) is 0 Å². The van der Waals surface area contributed by atoms with Crippen LogP contribution >= 0.6 is 0 Å². The molecule has 0 unspecified atom stereocenters. The fourth-order valence-electron chi connectivity index (χ4n) is 1.89. The van der Waals surface area contributed by atoms with Crippen molar-refractivity contribution in [2.45, 2.75) is 6.54 Å². The molecule has 0 radical (unpaired) electrons. The molecule has 0 amide bonds. The SMILES string of the molecule is NCc1ccc(-c2nc3ccccc3[nH]2)cc1. The number of nitrogens with one attached hydrogen (secondary N) is 1. The van der Waals surface area contributed by atoms with Crippen LogP contribution in [0.4, 0.5) is 0 Å². The van der Waals surface area contributed by atoms with Crippen LogP contribution in [0.1, 0.15) is 5.56 Å². The third-order valence-electron chi connectivity index (χ3n) is 2.85. The minimum absolute atomic E-state index is 0.570. The average Bonchev–Trinajstić information content (AvgIpc) is 2.82. The van der Waals surface area contributed by atoms with E-state index in [1.807, 2.05) is 48.5 Å². The van der Waals surface area contributed by atoms with Gasteiger partial charge in [-0.25, -0.2) is 4.98 Å². The van der Waals surface area contributed by atoms with Gasteiger partial charge in [-0.2, -0.15) is 0 Å². The van der Waals surface area contributed by atoms with E-state index >= 15 is 0 Å². The zero-order valence-corrected chi connectivity index (χ0v) is 9.35. The fraction of sp³-hybridized carbons (Fsp3) is 0.0714. The predicted molar refractivity (Wildman–Crippen MR) is 69.4 cm³/mol. The summed E-state index contributed by atoms with van der Waals surface area (Å²) in [6.45, 7) is 0.570. The molecule has 84 valence electrons. The molecule has 0 saturated heterocycles. The Labute approximate surface area is 99.3 Å². The van der Waals surface area contributed by atoms with Crippen LogP contribution in [0.3, 0.4) is 0 Å². The summed E-state index contributed by atoms with van der Waals surface area (Å²) in [5, 5.41) is 0. The molecule has 0 bridgehead atoms. The monoisotopic (exact) mass is 223 g/mol. The van der Waals surface area contributed by atoms with Crippen molar-refractivity contribution in [2.24, 2.45) is 5.73 Å². The van der Waals surface area contributed by atoms with Crippen molar-refractivity contribution >= 4 is 11.0 Å². The molecule has 3 heteroatoms. The molecule has 0 saturated carbocycles. The molecule has 0 spiro atoms. The van der Waals surface area contributed by atoms with E-state index < -0.39 is 0 Å². The number of nitrogens with zero attached hydrogens (tertiary/aromatic N) is 1. The van der Waals surface area contributed by atoms with Crippen molar-refractivity contribution in [1.82, 2.24) is 9.97 Å². The van der Waals surface area contributed by atoms with E-state index in [0.29, 0.717) is 6.54 Å². The zero-order valence-electron chi connectivity index (χ0n) is 9.35. The van der Waals surface area contributed by atoms with Crippen LogP contribution in [0.2, 0.25) is 0 Å². The van der Waals surface area contributed by atoms with Gasteiger partial charge in [0.1, 0.15) is 5.82 Å². The lowest BCUT2D eigenvalue weighted by Gasteiger charge is -1.98. The largest absolute Gasteiger partial charge is 0.338 e. The van der Waals surface area contributed by atoms with Gasteiger partial charge in [-0.15, -0.1) is 0 Å². The molecule has 0 atom stereocenters. The maximum Gasteiger partial charge on any atom is 0.138 e. The van der Waals surface area contributed by atoms with Crippen LogP contribution < -0.4 is 5.73 Å². The number of H-pyrrole nitrogens is 1. The predicted octanol–water partition coefficient (Wildman–Crippen LogP) is 2.69. The first-order chi connectivity index (χ1) is 8.36. The van der Waals surface area contributed by atoms with E-state index in [9.17, 15) is 0 Å². The van der Waals surface area contributed by atoms with Gasteiger partial charge < -0.3 is 10.7 Å². The maximum atomic E-state index is 5.58. The van der Waals surface area contributed by atoms with Crippen LogP contribution in [0, 0.1) is 0 Å². The highest BCUT2D eigenvalue weighted by atomic mass is 14.9. The Balaban J connectivity index is 2.07. The molecule has 3 N–H and O–H groups in total. The molecule has 3 aromatic rings. The summed E-state index contributed by atoms with van der Waals surface area (Å²) in [7, 11) is 0. The number of nitrogens with two attached hydrogens (primary N) is 1. The highest BCUT2D eigenvalue weighted by molar-refractivity contribution is 5.79. The molecule has 0 aliphatic rings. The molecule has 17 heavy (non-hydrogen) atoms. The number of fused-ring (bicyclic) bond motifs is 1. The standard InChI is InChI=1S/C14H13N3/c15-9-10-5-7-11(8-6-10)14-16-12-3-1-2-4-13(12)17-14/h1-8H,9,15H2,(H,16,17). The van der Waals surface area contributed by atoms with E-state index in [1.54, 1.807) is 0 Å². The number of hydrogen-bond acceptors (Lipinski definition) is 2. The first-order valence-corrected chi connectivity index (χ1v) is 5.61. The Morgan fingerprint density at radius 2 is 1.76 bits per heavy atom. The third kappa shape index (κ3) is 1.81. The number of hydrogen-bond donors (Lipinski definition) is 2. The third-order valence-corrected chi connectivity index (χ3v) is 2.85. The van der Waals surface area contributed by atoms with Gasteiger partial charge >= 0.3 is 0 Å². The summed E-state index contributed by atoms with van der Waals surface area (Å²) < 4.78 is 0. The van der Waals surface area contributed by atoms with E-state index in [2.05, 4.69) is 9.97 Å². The molecule has 0 aliphatic carbocycles. The quantitative estimate of drug-likeness (QED) is 0.701. The summed E-state index contributed by atoms with van der Waals surface area (Å²) in [4.78, 5) is 7.86. The number of rotatable bonds is 2. The number of aromatic nitrogens is 2. The lowest BCUT2D eigenvalue weighted by atomic mass is 10.1. The normalized spacial score (nSPS) is 10.9. The van der Waals surface area contributed by atoms with Crippen molar-refractivity contribution in [2.75, 3.05) is 0 Å². The summed E-state index contributed by atoms with van der Waals surface area (Å²) >= 11 is 0. The Morgan fingerprint density at radius 1 is 1.00 bits per heavy atom. The molecular weight excluding hydrogens is 210 g/mol. The highest BCUT2D eigenvalue weighted by Gasteiger charge is 2.03. The lowest BCUT2D eigenvalue weighted by Crippen LogP contribution is -1.95. The fourth-order valence-corrected chi connectivity index (χ4v) is 1.89. The molecule has 0 fully saturated rings. The van der Waals surface area contributed by atoms with Gasteiger partial charge in [0.15, 0.2) is 0 Å². The number of imidazole rings is 1. The topological polar surface area (TPSA) is 54.7 Å². The van der Waals surface area contributed by atoms with Crippen molar-refractivity contribution in [3.8, 4) is 11.4 Å². The first kappa shape index (κ1) is 10.1. The summed E-state index contributed by atoms with van der Waals surface area (Å²) in [5.74, 6) is 0.898. The Bertz CT molecular complexity index is 605. The van der Waals surface area contributed by atoms with Gasteiger partial charge in [0.2, 0.25) is 0 Å². The van der Waals surface area contributed by atoms with Crippen molar-refractivity contribution in [3.63, 3.8) is 0 Å². The smallest absolute Gasteiger partial charge is 0.138 e.